The van der Waals surface area contributed by atoms with Gasteiger partial charge in [-0.15, -0.1) is 0 Å². The van der Waals surface area contributed by atoms with Crippen molar-refractivity contribution in [3.05, 3.63) is 32.5 Å². The van der Waals surface area contributed by atoms with Crippen molar-refractivity contribution in [2.75, 3.05) is 18.4 Å². The highest BCUT2D eigenvalue weighted by molar-refractivity contribution is 9.10. The molecule has 1 atom stereocenters. The van der Waals surface area contributed by atoms with E-state index in [0.29, 0.717) is 12.6 Å². The Balaban J connectivity index is 2.01. The van der Waals surface area contributed by atoms with Crippen LogP contribution >= 0.6 is 15.9 Å². The molecule has 104 valence electrons. The maximum atomic E-state index is 13.4. The summed E-state index contributed by atoms with van der Waals surface area (Å²) in [5.74, 6) is -0.507. The van der Waals surface area contributed by atoms with Crippen LogP contribution in [0.15, 0.2) is 16.6 Å². The van der Waals surface area contributed by atoms with E-state index >= 15 is 0 Å². The average Bonchev–Trinajstić information content (AvgIpc) is 2.86. The molecule has 19 heavy (non-hydrogen) atoms. The topological polar surface area (TPSA) is 67.2 Å². The van der Waals surface area contributed by atoms with Gasteiger partial charge in [0.15, 0.2) is 0 Å². The summed E-state index contributed by atoms with van der Waals surface area (Å²) in [6, 6.07) is 2.79. The van der Waals surface area contributed by atoms with Crippen molar-refractivity contribution >= 4 is 27.3 Å². The number of anilines is 1. The number of benzene rings is 1. The van der Waals surface area contributed by atoms with Crippen LogP contribution in [0.25, 0.3) is 0 Å². The Labute approximate surface area is 118 Å². The van der Waals surface area contributed by atoms with E-state index in [1.807, 2.05) is 0 Å². The third-order valence-electron chi connectivity index (χ3n) is 3.21. The quantitative estimate of drug-likeness (QED) is 0.642. The molecule has 1 aliphatic heterocycles. The summed E-state index contributed by atoms with van der Waals surface area (Å²) < 4.78 is 13.5. The number of nitrogens with zero attached hydrogens (tertiary/aromatic N) is 1. The largest absolute Gasteiger partial charge is 0.379 e. The molecule has 1 aliphatic rings. The zero-order valence-corrected chi connectivity index (χ0v) is 11.9. The first-order valence-electron chi connectivity index (χ1n) is 6.18. The molecule has 0 aliphatic carbocycles. The van der Waals surface area contributed by atoms with Crippen LogP contribution in [0.5, 0.6) is 0 Å². The Kier molecular flexibility index (Phi) is 4.71. The highest BCUT2D eigenvalue weighted by Gasteiger charge is 2.18. The third kappa shape index (κ3) is 3.63. The van der Waals surface area contributed by atoms with Gasteiger partial charge in [0.05, 0.1) is 9.40 Å². The van der Waals surface area contributed by atoms with Crippen LogP contribution in [0.3, 0.4) is 0 Å². The summed E-state index contributed by atoms with van der Waals surface area (Å²) >= 11 is 2.95. The van der Waals surface area contributed by atoms with E-state index in [9.17, 15) is 14.5 Å². The standard InChI is InChI=1S/C12H15BrFN3O2/c13-9-6-12(17(18)19)11(7-10(9)14)16-5-3-8-2-1-4-15-8/h6-8,15-16H,1-5H2. The maximum Gasteiger partial charge on any atom is 0.293 e. The minimum absolute atomic E-state index is 0.0993. The highest BCUT2D eigenvalue weighted by atomic mass is 79.9. The van der Waals surface area contributed by atoms with Gasteiger partial charge in [-0.25, -0.2) is 4.39 Å². The van der Waals surface area contributed by atoms with Gasteiger partial charge in [0.1, 0.15) is 11.5 Å². The van der Waals surface area contributed by atoms with Crippen molar-refractivity contribution in [1.29, 1.82) is 0 Å². The molecule has 2 N–H and O–H groups in total. The lowest BCUT2D eigenvalue weighted by Crippen LogP contribution is -2.24. The smallest absolute Gasteiger partial charge is 0.293 e. The fourth-order valence-electron chi connectivity index (χ4n) is 2.21. The first-order chi connectivity index (χ1) is 9.08. The van der Waals surface area contributed by atoms with Crippen molar-refractivity contribution < 1.29 is 9.31 Å². The fourth-order valence-corrected chi connectivity index (χ4v) is 2.54. The normalized spacial score (nSPS) is 18.5. The number of nitro groups is 1. The molecule has 0 bridgehead atoms. The molecule has 1 aromatic carbocycles. The lowest BCUT2D eigenvalue weighted by atomic mass is 10.1. The number of rotatable bonds is 5. The van der Waals surface area contributed by atoms with Crippen molar-refractivity contribution in [3.63, 3.8) is 0 Å². The van der Waals surface area contributed by atoms with Gasteiger partial charge in [0.25, 0.3) is 5.69 Å². The molecule has 0 amide bonds. The van der Waals surface area contributed by atoms with Gasteiger partial charge in [-0.05, 0) is 41.7 Å². The SMILES string of the molecule is O=[N+]([O-])c1cc(Br)c(F)cc1NCCC1CCCN1. The van der Waals surface area contributed by atoms with Gasteiger partial charge in [-0.2, -0.15) is 0 Å². The van der Waals surface area contributed by atoms with Crippen LogP contribution in [-0.2, 0) is 0 Å². The zero-order valence-electron chi connectivity index (χ0n) is 10.3. The second-order valence-corrected chi connectivity index (χ2v) is 5.40. The molecule has 7 heteroatoms. The molecule has 0 aromatic heterocycles. The molecule has 5 nitrogen and oxygen atoms in total. The van der Waals surface area contributed by atoms with Crippen LogP contribution < -0.4 is 10.6 Å². The van der Waals surface area contributed by atoms with Crippen molar-refractivity contribution in [2.45, 2.75) is 25.3 Å². The molecule has 1 unspecified atom stereocenters. The van der Waals surface area contributed by atoms with Crippen molar-refractivity contribution in [3.8, 4) is 0 Å². The molecular weight excluding hydrogens is 317 g/mol. The number of hydrogen-bond acceptors (Lipinski definition) is 4. The highest BCUT2D eigenvalue weighted by Crippen LogP contribution is 2.30. The number of nitrogens with one attached hydrogen (secondary N) is 2. The summed E-state index contributed by atoms with van der Waals surface area (Å²) in [6.45, 7) is 1.61. The Morgan fingerprint density at radius 1 is 1.58 bits per heavy atom. The molecule has 1 aromatic rings. The van der Waals surface area contributed by atoms with E-state index in [1.54, 1.807) is 0 Å². The summed E-state index contributed by atoms with van der Waals surface area (Å²) in [5, 5.41) is 17.2. The minimum atomic E-state index is -0.514. The van der Waals surface area contributed by atoms with E-state index in [1.165, 1.54) is 6.07 Å². The zero-order chi connectivity index (χ0) is 13.8. The predicted octanol–water partition coefficient (Wildman–Crippen LogP) is 3.05. The Morgan fingerprint density at radius 3 is 3.00 bits per heavy atom. The van der Waals surface area contributed by atoms with E-state index < -0.39 is 10.7 Å². The van der Waals surface area contributed by atoms with Crippen LogP contribution in [0.1, 0.15) is 19.3 Å². The predicted molar refractivity (Wildman–Crippen MR) is 74.9 cm³/mol. The third-order valence-corrected chi connectivity index (χ3v) is 3.81. The molecule has 1 fully saturated rings. The molecule has 0 radical (unpaired) electrons. The van der Waals surface area contributed by atoms with Gasteiger partial charge in [0.2, 0.25) is 0 Å². The van der Waals surface area contributed by atoms with E-state index in [0.717, 1.165) is 31.9 Å². The molecular formula is C12H15BrFN3O2. The fraction of sp³-hybridized carbons (Fsp3) is 0.500. The van der Waals surface area contributed by atoms with E-state index in [-0.39, 0.29) is 15.8 Å². The van der Waals surface area contributed by atoms with Crippen molar-refractivity contribution in [2.24, 2.45) is 0 Å². The van der Waals surface area contributed by atoms with Crippen LogP contribution in [0, 0.1) is 15.9 Å². The van der Waals surface area contributed by atoms with Gasteiger partial charge >= 0.3 is 0 Å². The summed E-state index contributed by atoms with van der Waals surface area (Å²) in [5.41, 5.74) is 0.108. The second kappa shape index (κ2) is 6.29. The Hall–Kier alpha value is -1.21. The number of hydrogen-bond donors (Lipinski definition) is 2. The second-order valence-electron chi connectivity index (χ2n) is 4.55. The van der Waals surface area contributed by atoms with Gasteiger partial charge < -0.3 is 10.6 Å². The number of halogens is 2. The van der Waals surface area contributed by atoms with Gasteiger partial charge in [-0.1, -0.05) is 0 Å². The first-order valence-corrected chi connectivity index (χ1v) is 6.98. The summed E-state index contributed by atoms with van der Waals surface area (Å²) in [4.78, 5) is 10.4. The van der Waals surface area contributed by atoms with E-state index in [2.05, 4.69) is 26.6 Å². The molecule has 1 saturated heterocycles. The Morgan fingerprint density at radius 2 is 2.37 bits per heavy atom. The van der Waals surface area contributed by atoms with Crippen LogP contribution in [0.4, 0.5) is 15.8 Å². The molecule has 0 spiro atoms. The minimum Gasteiger partial charge on any atom is -0.379 e. The molecule has 1 heterocycles. The van der Waals surface area contributed by atoms with Crippen molar-refractivity contribution in [1.82, 2.24) is 5.32 Å². The van der Waals surface area contributed by atoms with E-state index in [4.69, 9.17) is 0 Å². The first kappa shape index (κ1) is 14.2. The van der Waals surface area contributed by atoms with Gasteiger partial charge in [0, 0.05) is 24.7 Å². The number of nitro benzene ring substituents is 1. The summed E-state index contributed by atoms with van der Waals surface area (Å²) in [7, 11) is 0. The lowest BCUT2D eigenvalue weighted by Gasteiger charge is -2.12. The lowest BCUT2D eigenvalue weighted by molar-refractivity contribution is -0.384. The maximum absolute atomic E-state index is 13.4. The van der Waals surface area contributed by atoms with Crippen LogP contribution in [-0.4, -0.2) is 24.1 Å². The summed E-state index contributed by atoms with van der Waals surface area (Å²) in [6.07, 6.45) is 3.16. The monoisotopic (exact) mass is 331 g/mol. The molecule has 2 rings (SSSR count). The average molecular weight is 332 g/mol. The van der Waals surface area contributed by atoms with Crippen LogP contribution in [0.2, 0.25) is 0 Å². The molecule has 0 saturated carbocycles. The Bertz CT molecular complexity index is 478. The van der Waals surface area contributed by atoms with Gasteiger partial charge in [-0.3, -0.25) is 10.1 Å².